The molecule has 0 bridgehead atoms. The van der Waals surface area contributed by atoms with Crippen molar-refractivity contribution in [3.05, 3.63) is 60.2 Å². The summed E-state index contributed by atoms with van der Waals surface area (Å²) >= 11 is 0. The van der Waals surface area contributed by atoms with Crippen molar-refractivity contribution in [2.75, 3.05) is 5.32 Å². The third-order valence-corrected chi connectivity index (χ3v) is 2.80. The lowest BCUT2D eigenvalue weighted by atomic mass is 10.2. The SMILES string of the molecule is Cc1nc(-c2cccc(NC(=O)c3ccccn3)c2)no1. The summed E-state index contributed by atoms with van der Waals surface area (Å²) < 4.78 is 4.95. The van der Waals surface area contributed by atoms with Gasteiger partial charge in [-0.3, -0.25) is 9.78 Å². The minimum Gasteiger partial charge on any atom is -0.339 e. The molecule has 2 heterocycles. The van der Waals surface area contributed by atoms with E-state index in [0.29, 0.717) is 23.1 Å². The van der Waals surface area contributed by atoms with Gasteiger partial charge >= 0.3 is 0 Å². The van der Waals surface area contributed by atoms with Crippen molar-refractivity contribution >= 4 is 11.6 Å². The minimum atomic E-state index is -0.267. The number of benzene rings is 1. The summed E-state index contributed by atoms with van der Waals surface area (Å²) in [7, 11) is 0. The number of aryl methyl sites for hydroxylation is 1. The molecule has 104 valence electrons. The number of carbonyl (C=O) groups excluding carboxylic acids is 1. The molecule has 3 aromatic rings. The van der Waals surface area contributed by atoms with Gasteiger partial charge in [-0.15, -0.1) is 0 Å². The van der Waals surface area contributed by atoms with E-state index in [9.17, 15) is 4.79 Å². The molecule has 1 amide bonds. The van der Waals surface area contributed by atoms with Crippen molar-refractivity contribution in [3.8, 4) is 11.4 Å². The number of hydrogen-bond acceptors (Lipinski definition) is 5. The number of nitrogens with zero attached hydrogens (tertiary/aromatic N) is 3. The first-order chi connectivity index (χ1) is 10.2. The molecule has 0 radical (unpaired) electrons. The Morgan fingerprint density at radius 1 is 1.19 bits per heavy atom. The molecule has 6 heteroatoms. The number of anilines is 1. The quantitative estimate of drug-likeness (QED) is 0.797. The third-order valence-electron chi connectivity index (χ3n) is 2.80. The maximum absolute atomic E-state index is 12.0. The molecule has 0 fully saturated rings. The predicted octanol–water partition coefficient (Wildman–Crippen LogP) is 2.69. The van der Waals surface area contributed by atoms with Gasteiger partial charge < -0.3 is 9.84 Å². The van der Waals surface area contributed by atoms with Crippen molar-refractivity contribution in [2.45, 2.75) is 6.92 Å². The lowest BCUT2D eigenvalue weighted by Gasteiger charge is -2.05. The number of nitrogens with one attached hydrogen (secondary N) is 1. The van der Waals surface area contributed by atoms with Gasteiger partial charge in [0.15, 0.2) is 0 Å². The van der Waals surface area contributed by atoms with E-state index in [4.69, 9.17) is 4.52 Å². The second-order valence-corrected chi connectivity index (χ2v) is 4.39. The van der Waals surface area contributed by atoms with Gasteiger partial charge in [-0.2, -0.15) is 4.98 Å². The molecule has 0 atom stereocenters. The molecule has 1 aromatic carbocycles. The molecule has 6 nitrogen and oxygen atoms in total. The largest absolute Gasteiger partial charge is 0.339 e. The van der Waals surface area contributed by atoms with E-state index < -0.39 is 0 Å². The van der Waals surface area contributed by atoms with Crippen LogP contribution in [-0.4, -0.2) is 21.0 Å². The van der Waals surface area contributed by atoms with Crippen LogP contribution in [0.15, 0.2) is 53.2 Å². The Hall–Kier alpha value is -3.02. The first-order valence-corrected chi connectivity index (χ1v) is 6.35. The fourth-order valence-corrected chi connectivity index (χ4v) is 1.84. The molecule has 3 rings (SSSR count). The molecule has 2 aromatic heterocycles. The maximum atomic E-state index is 12.0. The molecule has 0 spiro atoms. The summed E-state index contributed by atoms with van der Waals surface area (Å²) in [5.41, 5.74) is 1.77. The highest BCUT2D eigenvalue weighted by Crippen LogP contribution is 2.20. The first kappa shape index (κ1) is 13.0. The van der Waals surface area contributed by atoms with Crippen LogP contribution in [0.2, 0.25) is 0 Å². The standard InChI is InChI=1S/C15H12N4O2/c1-10-17-14(19-21-10)11-5-4-6-12(9-11)18-15(20)13-7-2-3-8-16-13/h2-9H,1H3,(H,18,20). The Balaban J connectivity index is 1.82. The molecular weight excluding hydrogens is 268 g/mol. The van der Waals surface area contributed by atoms with Gasteiger partial charge in [0.1, 0.15) is 5.69 Å². The molecule has 0 aliphatic rings. The van der Waals surface area contributed by atoms with E-state index in [-0.39, 0.29) is 5.91 Å². The van der Waals surface area contributed by atoms with Gasteiger partial charge in [-0.1, -0.05) is 23.4 Å². The summed E-state index contributed by atoms with van der Waals surface area (Å²) in [6.07, 6.45) is 1.58. The van der Waals surface area contributed by atoms with Crippen LogP contribution in [-0.2, 0) is 0 Å². The Bertz CT molecular complexity index is 768. The molecule has 0 unspecified atom stereocenters. The topological polar surface area (TPSA) is 80.9 Å². The molecule has 1 N–H and O–H groups in total. The van der Waals surface area contributed by atoms with Crippen LogP contribution in [0.3, 0.4) is 0 Å². The maximum Gasteiger partial charge on any atom is 0.274 e. The van der Waals surface area contributed by atoms with Crippen LogP contribution in [0.25, 0.3) is 11.4 Å². The number of hydrogen-bond donors (Lipinski definition) is 1. The Kier molecular flexibility index (Phi) is 3.42. The van der Waals surface area contributed by atoms with Gasteiger partial charge in [-0.05, 0) is 24.3 Å². The lowest BCUT2D eigenvalue weighted by molar-refractivity contribution is 0.102. The van der Waals surface area contributed by atoms with Crippen LogP contribution in [0, 0.1) is 6.92 Å². The number of carbonyl (C=O) groups is 1. The normalized spacial score (nSPS) is 10.3. The molecule has 21 heavy (non-hydrogen) atoms. The van der Waals surface area contributed by atoms with E-state index in [2.05, 4.69) is 20.4 Å². The third kappa shape index (κ3) is 2.94. The molecule has 0 aliphatic carbocycles. The van der Waals surface area contributed by atoms with E-state index in [1.165, 1.54) is 0 Å². The fraction of sp³-hybridized carbons (Fsp3) is 0.0667. The highest BCUT2D eigenvalue weighted by Gasteiger charge is 2.09. The van der Waals surface area contributed by atoms with Crippen LogP contribution in [0.1, 0.15) is 16.4 Å². The summed E-state index contributed by atoms with van der Waals surface area (Å²) in [5.74, 6) is 0.714. The van der Waals surface area contributed by atoms with E-state index in [0.717, 1.165) is 5.56 Å². The highest BCUT2D eigenvalue weighted by molar-refractivity contribution is 6.03. The van der Waals surface area contributed by atoms with Crippen molar-refractivity contribution < 1.29 is 9.32 Å². The minimum absolute atomic E-state index is 0.267. The summed E-state index contributed by atoms with van der Waals surface area (Å²) in [6, 6.07) is 12.4. The van der Waals surface area contributed by atoms with E-state index in [1.54, 1.807) is 43.5 Å². The average Bonchev–Trinajstić information content (AvgIpc) is 2.95. The summed E-state index contributed by atoms with van der Waals surface area (Å²) in [4.78, 5) is 20.2. The molecule has 0 aliphatic heterocycles. The number of rotatable bonds is 3. The van der Waals surface area contributed by atoms with E-state index >= 15 is 0 Å². The zero-order valence-corrected chi connectivity index (χ0v) is 11.3. The van der Waals surface area contributed by atoms with Crippen LogP contribution in [0.5, 0.6) is 0 Å². The fourth-order valence-electron chi connectivity index (χ4n) is 1.84. The predicted molar refractivity (Wildman–Crippen MR) is 76.7 cm³/mol. The van der Waals surface area contributed by atoms with E-state index in [1.807, 2.05) is 12.1 Å². The average molecular weight is 280 g/mol. The number of aromatic nitrogens is 3. The van der Waals surface area contributed by atoms with Gasteiger partial charge in [0.2, 0.25) is 11.7 Å². The second kappa shape index (κ2) is 5.54. The summed E-state index contributed by atoms with van der Waals surface area (Å²) in [6.45, 7) is 1.73. The molecule has 0 saturated carbocycles. The van der Waals surface area contributed by atoms with Crippen LogP contribution >= 0.6 is 0 Å². The smallest absolute Gasteiger partial charge is 0.274 e. The van der Waals surface area contributed by atoms with Crippen molar-refractivity contribution in [2.24, 2.45) is 0 Å². The van der Waals surface area contributed by atoms with Gasteiger partial charge in [-0.25, -0.2) is 0 Å². The van der Waals surface area contributed by atoms with Crippen molar-refractivity contribution in [1.29, 1.82) is 0 Å². The van der Waals surface area contributed by atoms with Gasteiger partial charge in [0.25, 0.3) is 5.91 Å². The summed E-state index contributed by atoms with van der Waals surface area (Å²) in [5, 5.41) is 6.64. The Labute approximate surface area is 120 Å². The van der Waals surface area contributed by atoms with Crippen molar-refractivity contribution in [3.63, 3.8) is 0 Å². The first-order valence-electron chi connectivity index (χ1n) is 6.35. The Morgan fingerprint density at radius 3 is 2.81 bits per heavy atom. The van der Waals surface area contributed by atoms with Crippen LogP contribution in [0.4, 0.5) is 5.69 Å². The zero-order valence-electron chi connectivity index (χ0n) is 11.3. The number of pyridine rings is 1. The highest BCUT2D eigenvalue weighted by atomic mass is 16.5. The van der Waals surface area contributed by atoms with Crippen molar-refractivity contribution in [1.82, 2.24) is 15.1 Å². The zero-order chi connectivity index (χ0) is 14.7. The lowest BCUT2D eigenvalue weighted by Crippen LogP contribution is -2.13. The second-order valence-electron chi connectivity index (χ2n) is 4.39. The van der Waals surface area contributed by atoms with Crippen LogP contribution < -0.4 is 5.32 Å². The monoisotopic (exact) mass is 280 g/mol. The Morgan fingerprint density at radius 2 is 2.10 bits per heavy atom. The molecular formula is C15H12N4O2. The molecule has 0 saturated heterocycles. The van der Waals surface area contributed by atoms with Gasteiger partial charge in [0, 0.05) is 24.4 Å². The number of amides is 1. The van der Waals surface area contributed by atoms with Gasteiger partial charge in [0.05, 0.1) is 0 Å².